The van der Waals surface area contributed by atoms with Gasteiger partial charge in [-0.2, -0.15) is 0 Å². The molecular formula is C14H17BrClN3. The quantitative estimate of drug-likeness (QED) is 0.897. The van der Waals surface area contributed by atoms with E-state index in [2.05, 4.69) is 36.9 Å². The van der Waals surface area contributed by atoms with Crippen LogP contribution in [0.5, 0.6) is 0 Å². The number of hydrogen-bond acceptors (Lipinski definition) is 2. The maximum Gasteiger partial charge on any atom is 0.108 e. The normalized spacial score (nSPS) is 12.6. The zero-order valence-electron chi connectivity index (χ0n) is 11.0. The maximum absolute atomic E-state index is 6.10. The highest BCUT2D eigenvalue weighted by Crippen LogP contribution is 2.26. The molecule has 0 spiro atoms. The van der Waals surface area contributed by atoms with Crippen molar-refractivity contribution in [2.75, 3.05) is 7.05 Å². The molecule has 102 valence electrons. The molecule has 2 rings (SSSR count). The predicted octanol–water partition coefficient (Wildman–Crippen LogP) is 3.73. The molecular weight excluding hydrogens is 326 g/mol. The van der Waals surface area contributed by atoms with Crippen LogP contribution in [0.4, 0.5) is 0 Å². The summed E-state index contributed by atoms with van der Waals surface area (Å²) in [5.74, 6) is 1.10. The number of hydrogen-bond donors (Lipinski definition) is 1. The first-order chi connectivity index (χ1) is 9.10. The van der Waals surface area contributed by atoms with Gasteiger partial charge in [-0.1, -0.05) is 27.5 Å². The van der Waals surface area contributed by atoms with Gasteiger partial charge in [0, 0.05) is 41.4 Å². The number of benzene rings is 1. The molecule has 0 radical (unpaired) electrons. The van der Waals surface area contributed by atoms with Crippen LogP contribution in [0.15, 0.2) is 35.1 Å². The summed E-state index contributed by atoms with van der Waals surface area (Å²) in [6, 6.07) is 6.28. The Labute approximate surface area is 127 Å². The summed E-state index contributed by atoms with van der Waals surface area (Å²) in [5, 5.41) is 4.09. The van der Waals surface area contributed by atoms with Gasteiger partial charge in [-0.15, -0.1) is 0 Å². The average Bonchev–Trinajstić information content (AvgIpc) is 2.75. The van der Waals surface area contributed by atoms with Crippen LogP contribution >= 0.6 is 27.5 Å². The van der Waals surface area contributed by atoms with E-state index in [1.54, 1.807) is 0 Å². The molecule has 3 nitrogen and oxygen atoms in total. The molecule has 1 N–H and O–H groups in total. The second-order valence-corrected chi connectivity index (χ2v) is 5.89. The second kappa shape index (κ2) is 6.55. The van der Waals surface area contributed by atoms with Gasteiger partial charge in [0.1, 0.15) is 5.82 Å². The highest BCUT2D eigenvalue weighted by atomic mass is 79.9. The summed E-state index contributed by atoms with van der Waals surface area (Å²) < 4.78 is 3.06. The minimum Gasteiger partial charge on any atom is -0.338 e. The van der Waals surface area contributed by atoms with Crippen LogP contribution in [0.3, 0.4) is 0 Å². The number of nitrogens with zero attached hydrogens (tertiary/aromatic N) is 2. The summed E-state index contributed by atoms with van der Waals surface area (Å²) >= 11 is 9.59. The predicted molar refractivity (Wildman–Crippen MR) is 82.5 cm³/mol. The van der Waals surface area contributed by atoms with Crippen molar-refractivity contribution < 1.29 is 0 Å². The van der Waals surface area contributed by atoms with Crippen LogP contribution in [-0.4, -0.2) is 16.6 Å². The van der Waals surface area contributed by atoms with E-state index in [1.807, 2.05) is 38.6 Å². The lowest BCUT2D eigenvalue weighted by Crippen LogP contribution is -2.17. The molecule has 0 saturated heterocycles. The smallest absolute Gasteiger partial charge is 0.108 e. The third-order valence-electron chi connectivity index (χ3n) is 3.21. The SMILES string of the molecule is CNC(CCc1nccn1C)c1cc(Cl)cc(Br)c1. The molecule has 1 atom stereocenters. The number of halogens is 2. The van der Waals surface area contributed by atoms with Crippen molar-refractivity contribution in [2.24, 2.45) is 7.05 Å². The van der Waals surface area contributed by atoms with Crippen molar-refractivity contribution in [3.05, 3.63) is 51.5 Å². The lowest BCUT2D eigenvalue weighted by atomic mass is 10.0. The Balaban J connectivity index is 2.09. The fourth-order valence-corrected chi connectivity index (χ4v) is 3.05. The highest BCUT2D eigenvalue weighted by molar-refractivity contribution is 9.10. The number of nitrogens with one attached hydrogen (secondary N) is 1. The first-order valence-electron chi connectivity index (χ1n) is 6.19. The van der Waals surface area contributed by atoms with E-state index in [9.17, 15) is 0 Å². The molecule has 0 amide bonds. The van der Waals surface area contributed by atoms with E-state index >= 15 is 0 Å². The first kappa shape index (κ1) is 14.6. The van der Waals surface area contributed by atoms with E-state index in [0.717, 1.165) is 28.2 Å². The van der Waals surface area contributed by atoms with Crippen LogP contribution in [0.25, 0.3) is 0 Å². The van der Waals surface area contributed by atoms with E-state index in [0.29, 0.717) is 0 Å². The van der Waals surface area contributed by atoms with Crippen molar-refractivity contribution in [3.63, 3.8) is 0 Å². The molecule has 0 aliphatic rings. The van der Waals surface area contributed by atoms with Gasteiger partial charge in [0.25, 0.3) is 0 Å². The van der Waals surface area contributed by atoms with E-state index < -0.39 is 0 Å². The Bertz CT molecular complexity index is 533. The molecule has 0 bridgehead atoms. The van der Waals surface area contributed by atoms with Gasteiger partial charge in [0.2, 0.25) is 0 Å². The van der Waals surface area contributed by atoms with Gasteiger partial charge in [0.15, 0.2) is 0 Å². The summed E-state index contributed by atoms with van der Waals surface area (Å²) in [5.41, 5.74) is 1.19. The number of imidazole rings is 1. The largest absolute Gasteiger partial charge is 0.338 e. The van der Waals surface area contributed by atoms with Gasteiger partial charge < -0.3 is 9.88 Å². The van der Waals surface area contributed by atoms with Crippen molar-refractivity contribution >= 4 is 27.5 Å². The van der Waals surface area contributed by atoms with Gasteiger partial charge in [0.05, 0.1) is 0 Å². The Hall–Kier alpha value is -0.840. The molecule has 1 unspecified atom stereocenters. The average molecular weight is 343 g/mol. The number of aryl methyl sites for hydroxylation is 2. The van der Waals surface area contributed by atoms with Gasteiger partial charge in [-0.05, 0) is 37.2 Å². The van der Waals surface area contributed by atoms with Crippen LogP contribution in [0.2, 0.25) is 5.02 Å². The molecule has 19 heavy (non-hydrogen) atoms. The fraction of sp³-hybridized carbons (Fsp3) is 0.357. The second-order valence-electron chi connectivity index (χ2n) is 4.54. The standard InChI is InChI=1S/C14H17BrClN3/c1-17-13(3-4-14-18-5-6-19(14)2)10-7-11(15)9-12(16)8-10/h5-9,13,17H,3-4H2,1-2H3. The van der Waals surface area contributed by atoms with Crippen molar-refractivity contribution in [1.29, 1.82) is 0 Å². The summed E-state index contributed by atoms with van der Waals surface area (Å²) in [6.07, 6.45) is 5.71. The van der Waals surface area contributed by atoms with Gasteiger partial charge in [-0.25, -0.2) is 4.98 Å². The maximum atomic E-state index is 6.10. The zero-order chi connectivity index (χ0) is 13.8. The third-order valence-corrected chi connectivity index (χ3v) is 3.89. The number of rotatable bonds is 5. The molecule has 0 fully saturated rings. The van der Waals surface area contributed by atoms with Gasteiger partial charge >= 0.3 is 0 Å². The monoisotopic (exact) mass is 341 g/mol. The molecule has 1 aromatic heterocycles. The fourth-order valence-electron chi connectivity index (χ4n) is 2.16. The summed E-state index contributed by atoms with van der Waals surface area (Å²) in [4.78, 5) is 4.35. The summed E-state index contributed by atoms with van der Waals surface area (Å²) in [7, 11) is 3.99. The molecule has 0 saturated carbocycles. The van der Waals surface area contributed by atoms with E-state index in [4.69, 9.17) is 11.6 Å². The van der Waals surface area contributed by atoms with Crippen LogP contribution in [-0.2, 0) is 13.5 Å². The molecule has 0 aliphatic carbocycles. The zero-order valence-corrected chi connectivity index (χ0v) is 13.4. The Morgan fingerprint density at radius 3 is 2.79 bits per heavy atom. The summed E-state index contributed by atoms with van der Waals surface area (Å²) in [6.45, 7) is 0. The highest BCUT2D eigenvalue weighted by Gasteiger charge is 2.12. The lowest BCUT2D eigenvalue weighted by Gasteiger charge is -2.17. The van der Waals surface area contributed by atoms with Crippen molar-refractivity contribution in [1.82, 2.24) is 14.9 Å². The molecule has 2 aromatic rings. The van der Waals surface area contributed by atoms with Crippen LogP contribution in [0, 0.1) is 0 Å². The third kappa shape index (κ3) is 3.81. The van der Waals surface area contributed by atoms with Crippen LogP contribution in [0.1, 0.15) is 23.9 Å². The van der Waals surface area contributed by atoms with Gasteiger partial charge in [-0.3, -0.25) is 0 Å². The number of aromatic nitrogens is 2. The minimum atomic E-state index is 0.270. The Morgan fingerprint density at radius 1 is 1.42 bits per heavy atom. The minimum absolute atomic E-state index is 0.270. The van der Waals surface area contributed by atoms with Crippen molar-refractivity contribution in [3.8, 4) is 0 Å². The Morgan fingerprint density at radius 2 is 2.21 bits per heavy atom. The lowest BCUT2D eigenvalue weighted by molar-refractivity contribution is 0.536. The van der Waals surface area contributed by atoms with Crippen molar-refractivity contribution in [2.45, 2.75) is 18.9 Å². The molecule has 5 heteroatoms. The van der Waals surface area contributed by atoms with E-state index in [1.165, 1.54) is 5.56 Å². The van der Waals surface area contributed by atoms with Crippen LogP contribution < -0.4 is 5.32 Å². The molecule has 1 heterocycles. The van der Waals surface area contributed by atoms with E-state index in [-0.39, 0.29) is 6.04 Å². The topological polar surface area (TPSA) is 29.9 Å². The first-order valence-corrected chi connectivity index (χ1v) is 7.36. The molecule has 1 aromatic carbocycles. The molecule has 0 aliphatic heterocycles. The Kier molecular flexibility index (Phi) is 5.02.